The highest BCUT2D eigenvalue weighted by Gasteiger charge is 2.24. The van der Waals surface area contributed by atoms with Gasteiger partial charge in [-0.05, 0) is 40.5 Å². The minimum Gasteiger partial charge on any atom is -0.446 e. The number of carbonyl (C=O) groups excluding carboxylic acids is 1. The van der Waals surface area contributed by atoms with Crippen LogP contribution in [0.5, 0.6) is 0 Å². The molecular weight excluding hydrogens is 294 g/mol. The Labute approximate surface area is 113 Å². The van der Waals surface area contributed by atoms with Crippen molar-refractivity contribution in [2.45, 2.75) is 12.8 Å². The predicted octanol–water partition coefficient (Wildman–Crippen LogP) is 3.84. The molecule has 2 aromatic rings. The van der Waals surface area contributed by atoms with Crippen molar-refractivity contribution in [3.63, 3.8) is 0 Å². The smallest absolute Gasteiger partial charge is 0.219 e. The van der Waals surface area contributed by atoms with Gasteiger partial charge >= 0.3 is 0 Å². The van der Waals surface area contributed by atoms with Crippen LogP contribution in [0, 0.1) is 18.3 Å². The molecule has 18 heavy (non-hydrogen) atoms. The number of ketones is 1. The molecule has 0 aliphatic rings. The molecule has 0 N–H and O–H groups in total. The summed E-state index contributed by atoms with van der Waals surface area (Å²) < 4.78 is 5.67. The molecule has 2 rings (SSSR count). The number of carbonyl (C=O) groups is 1. The molecule has 1 unspecified atom stereocenters. The number of rotatable bonds is 3. The van der Waals surface area contributed by atoms with E-state index in [0.29, 0.717) is 10.2 Å². The van der Waals surface area contributed by atoms with Crippen LogP contribution in [0.1, 0.15) is 27.6 Å². The highest BCUT2D eigenvalue weighted by Crippen LogP contribution is 2.24. The molecule has 0 amide bonds. The van der Waals surface area contributed by atoms with Crippen molar-refractivity contribution >= 4 is 21.7 Å². The molecule has 1 aromatic carbocycles. The Morgan fingerprint density at radius 1 is 1.39 bits per heavy atom. The molecule has 1 heterocycles. The van der Waals surface area contributed by atoms with Gasteiger partial charge in [-0.1, -0.05) is 29.8 Å². The molecular formula is C14H10BrNO2. The largest absolute Gasteiger partial charge is 0.446 e. The Morgan fingerprint density at radius 2 is 2.17 bits per heavy atom. The van der Waals surface area contributed by atoms with E-state index in [1.54, 1.807) is 18.2 Å². The number of Topliss-reactive ketones (excluding diaryl/α,β-unsaturated/α-hetero) is 1. The zero-order chi connectivity index (χ0) is 13.1. The van der Waals surface area contributed by atoms with Gasteiger partial charge in [-0.3, -0.25) is 4.79 Å². The lowest BCUT2D eigenvalue weighted by Crippen LogP contribution is -2.10. The number of hydrogen-bond donors (Lipinski definition) is 0. The van der Waals surface area contributed by atoms with Crippen LogP contribution in [0.15, 0.2) is 45.5 Å². The second-order valence-corrected chi connectivity index (χ2v) is 4.73. The fourth-order valence-electron chi connectivity index (χ4n) is 1.72. The van der Waals surface area contributed by atoms with Crippen molar-refractivity contribution in [3.05, 3.63) is 58.0 Å². The molecule has 90 valence electrons. The van der Waals surface area contributed by atoms with Crippen molar-refractivity contribution in [1.82, 2.24) is 0 Å². The maximum atomic E-state index is 12.2. The quantitative estimate of drug-likeness (QED) is 0.810. The first-order valence-corrected chi connectivity index (χ1v) is 6.17. The number of benzene rings is 1. The van der Waals surface area contributed by atoms with Gasteiger partial charge in [-0.15, -0.1) is 0 Å². The van der Waals surface area contributed by atoms with E-state index in [1.165, 1.54) is 0 Å². The highest BCUT2D eigenvalue weighted by atomic mass is 79.9. The van der Waals surface area contributed by atoms with Crippen molar-refractivity contribution in [3.8, 4) is 6.07 Å². The van der Waals surface area contributed by atoms with Crippen LogP contribution in [0.4, 0.5) is 0 Å². The Bertz CT molecular complexity index is 625. The Balaban J connectivity index is 2.35. The summed E-state index contributed by atoms with van der Waals surface area (Å²) in [4.78, 5) is 12.2. The van der Waals surface area contributed by atoms with E-state index in [-0.39, 0.29) is 11.5 Å². The van der Waals surface area contributed by atoms with Crippen LogP contribution in [0.25, 0.3) is 0 Å². The van der Waals surface area contributed by atoms with Crippen LogP contribution < -0.4 is 0 Å². The Kier molecular flexibility index (Phi) is 3.63. The van der Waals surface area contributed by atoms with Crippen molar-refractivity contribution in [1.29, 1.82) is 5.26 Å². The van der Waals surface area contributed by atoms with Crippen LogP contribution >= 0.6 is 15.9 Å². The highest BCUT2D eigenvalue weighted by molar-refractivity contribution is 9.10. The van der Waals surface area contributed by atoms with Gasteiger partial charge in [0.2, 0.25) is 5.78 Å². The second kappa shape index (κ2) is 5.19. The minimum atomic E-state index is -0.831. The zero-order valence-electron chi connectivity index (χ0n) is 9.68. The molecule has 0 saturated heterocycles. The van der Waals surface area contributed by atoms with Crippen molar-refractivity contribution in [2.75, 3.05) is 0 Å². The van der Waals surface area contributed by atoms with E-state index < -0.39 is 5.92 Å². The number of hydrogen-bond acceptors (Lipinski definition) is 3. The van der Waals surface area contributed by atoms with Gasteiger partial charge in [-0.25, -0.2) is 0 Å². The third-order valence-corrected chi connectivity index (χ3v) is 3.01. The Hall–Kier alpha value is -1.86. The third kappa shape index (κ3) is 2.52. The first kappa shape index (κ1) is 12.6. The van der Waals surface area contributed by atoms with E-state index >= 15 is 0 Å². The van der Waals surface area contributed by atoms with Gasteiger partial charge in [0, 0.05) is 0 Å². The number of nitriles is 1. The predicted molar refractivity (Wildman–Crippen MR) is 70.3 cm³/mol. The van der Waals surface area contributed by atoms with E-state index in [0.717, 1.165) is 5.56 Å². The van der Waals surface area contributed by atoms with Gasteiger partial charge in [0.25, 0.3) is 0 Å². The van der Waals surface area contributed by atoms with Crippen LogP contribution in [0.3, 0.4) is 0 Å². The van der Waals surface area contributed by atoms with Gasteiger partial charge in [0.15, 0.2) is 10.4 Å². The summed E-state index contributed by atoms with van der Waals surface area (Å²) in [7, 11) is 0. The van der Waals surface area contributed by atoms with E-state index in [1.807, 2.05) is 31.2 Å². The molecule has 0 radical (unpaired) electrons. The summed E-state index contributed by atoms with van der Waals surface area (Å²) >= 11 is 3.14. The van der Waals surface area contributed by atoms with Gasteiger partial charge in [-0.2, -0.15) is 5.26 Å². The van der Waals surface area contributed by atoms with Crippen LogP contribution in [-0.2, 0) is 0 Å². The van der Waals surface area contributed by atoms with Crippen LogP contribution in [0.2, 0.25) is 0 Å². The number of halogens is 1. The molecule has 0 bridgehead atoms. The molecule has 0 aliphatic carbocycles. The molecule has 3 nitrogen and oxygen atoms in total. The lowest BCUT2D eigenvalue weighted by Gasteiger charge is -2.07. The monoisotopic (exact) mass is 303 g/mol. The molecule has 1 atom stereocenters. The number of nitrogens with zero attached hydrogens (tertiary/aromatic N) is 1. The van der Waals surface area contributed by atoms with E-state index in [9.17, 15) is 10.1 Å². The lowest BCUT2D eigenvalue weighted by molar-refractivity contribution is 0.0950. The number of aryl methyl sites for hydroxylation is 1. The van der Waals surface area contributed by atoms with E-state index in [2.05, 4.69) is 15.9 Å². The van der Waals surface area contributed by atoms with Crippen LogP contribution in [-0.4, -0.2) is 5.78 Å². The maximum Gasteiger partial charge on any atom is 0.219 e. The summed E-state index contributed by atoms with van der Waals surface area (Å²) in [5.41, 5.74) is 1.70. The van der Waals surface area contributed by atoms with Crippen molar-refractivity contribution in [2.24, 2.45) is 0 Å². The zero-order valence-corrected chi connectivity index (χ0v) is 11.3. The minimum absolute atomic E-state index is 0.190. The maximum absolute atomic E-state index is 12.2. The standard InChI is InChI=1S/C14H10BrNO2/c1-9-3-2-4-10(7-9)11(8-16)14(17)12-5-6-13(15)18-12/h2-7,11H,1H3. The summed E-state index contributed by atoms with van der Waals surface area (Å²) in [6, 6.07) is 12.6. The first-order chi connectivity index (χ1) is 8.61. The van der Waals surface area contributed by atoms with Gasteiger partial charge in [0.1, 0.15) is 5.92 Å². The SMILES string of the molecule is Cc1cccc(C(C#N)C(=O)c2ccc(Br)o2)c1. The van der Waals surface area contributed by atoms with Gasteiger partial charge < -0.3 is 4.42 Å². The summed E-state index contributed by atoms with van der Waals surface area (Å²) in [5.74, 6) is -0.966. The number of furan rings is 1. The normalized spacial score (nSPS) is 11.8. The fraction of sp³-hybridized carbons (Fsp3) is 0.143. The average Bonchev–Trinajstić information content (AvgIpc) is 2.77. The first-order valence-electron chi connectivity index (χ1n) is 5.37. The molecule has 0 spiro atoms. The molecule has 0 fully saturated rings. The molecule has 0 aliphatic heterocycles. The topological polar surface area (TPSA) is 54.0 Å². The lowest BCUT2D eigenvalue weighted by atomic mass is 9.94. The molecule has 0 saturated carbocycles. The Morgan fingerprint density at radius 3 is 2.72 bits per heavy atom. The van der Waals surface area contributed by atoms with E-state index in [4.69, 9.17) is 4.42 Å². The van der Waals surface area contributed by atoms with Crippen molar-refractivity contribution < 1.29 is 9.21 Å². The third-order valence-electron chi connectivity index (χ3n) is 2.58. The molecule has 4 heteroatoms. The summed E-state index contributed by atoms with van der Waals surface area (Å²) in [5, 5.41) is 9.18. The second-order valence-electron chi connectivity index (χ2n) is 3.94. The van der Waals surface area contributed by atoms with Gasteiger partial charge in [0.05, 0.1) is 6.07 Å². The summed E-state index contributed by atoms with van der Waals surface area (Å²) in [6.45, 7) is 1.92. The fourth-order valence-corrected chi connectivity index (χ4v) is 2.03. The summed E-state index contributed by atoms with van der Waals surface area (Å²) in [6.07, 6.45) is 0. The molecule has 1 aromatic heterocycles. The average molecular weight is 304 g/mol.